The molecule has 0 amide bonds. The Morgan fingerprint density at radius 1 is 0.564 bits per heavy atom. The van der Waals surface area contributed by atoms with Gasteiger partial charge in [-0.3, -0.25) is 19.8 Å². The van der Waals surface area contributed by atoms with Gasteiger partial charge in [0.15, 0.2) is 11.4 Å². The molecule has 2 heterocycles. The molecule has 0 aliphatic rings. The van der Waals surface area contributed by atoms with Crippen LogP contribution < -0.4 is 69.3 Å². The Morgan fingerprint density at radius 2 is 0.891 bits per heavy atom. The number of nitrogens with one attached hydrogen (secondary N) is 2. The quantitative estimate of drug-likeness (QED) is 0.0919. The number of aryl methyl sites for hydroxylation is 2. The van der Waals surface area contributed by atoms with E-state index < -0.39 is 42.7 Å². The van der Waals surface area contributed by atoms with Gasteiger partial charge in [-0.2, -0.15) is 10.2 Å². The number of nitrogens with zero attached hydrogens (tertiary/aromatic N) is 6. The van der Waals surface area contributed by atoms with Crippen molar-refractivity contribution < 1.29 is 81.5 Å². The van der Waals surface area contributed by atoms with E-state index >= 15 is 0 Å². The van der Waals surface area contributed by atoms with Gasteiger partial charge in [-0.1, -0.05) is 60.0 Å². The summed E-state index contributed by atoms with van der Waals surface area (Å²) in [6, 6.07) is 24.0. The molecule has 18 nitrogen and oxygen atoms in total. The van der Waals surface area contributed by atoms with Gasteiger partial charge in [0.2, 0.25) is 20.0 Å². The Morgan fingerprint density at radius 3 is 1.20 bits per heavy atom. The van der Waals surface area contributed by atoms with E-state index in [9.17, 15) is 36.6 Å². The molecule has 6 rings (SSSR count). The van der Waals surface area contributed by atoms with Crippen molar-refractivity contribution in [1.82, 2.24) is 19.6 Å². The largest absolute Gasteiger partial charge is 2.00 e. The van der Waals surface area contributed by atoms with Crippen molar-refractivity contribution >= 4 is 42.8 Å². The van der Waals surface area contributed by atoms with Gasteiger partial charge < -0.3 is 10.2 Å². The topological polar surface area (TPSA) is 291 Å². The van der Waals surface area contributed by atoms with Crippen molar-refractivity contribution in [3.63, 3.8) is 0 Å². The summed E-state index contributed by atoms with van der Waals surface area (Å²) in [7, 11) is -7.97. The first kappa shape index (κ1) is 46.4. The average Bonchev–Trinajstić information content (AvgIpc) is 3.56. The van der Waals surface area contributed by atoms with Crippen LogP contribution in [0.3, 0.4) is 0 Å². The number of rotatable bonds is 8. The number of hydrogen-bond acceptors (Lipinski definition) is 12. The zero-order valence-corrected chi connectivity index (χ0v) is 32.2. The van der Waals surface area contributed by atoms with E-state index in [0.717, 1.165) is 36.4 Å². The first-order chi connectivity index (χ1) is 24.5. The Hall–Kier alpha value is -4.78. The molecule has 6 aromatic rings. The normalized spacial score (nSPS) is 11.3. The van der Waals surface area contributed by atoms with Crippen LogP contribution in [-0.4, -0.2) is 36.4 Å². The molecule has 4 aromatic carbocycles. The summed E-state index contributed by atoms with van der Waals surface area (Å²) in [4.78, 5) is 24.5. The van der Waals surface area contributed by atoms with Crippen molar-refractivity contribution in [2.45, 2.75) is 23.6 Å². The van der Waals surface area contributed by atoms with Gasteiger partial charge in [-0.15, -0.1) is 10.2 Å². The van der Waals surface area contributed by atoms with Crippen LogP contribution in [0.4, 0.5) is 22.7 Å². The maximum absolute atomic E-state index is 12.5. The first-order valence-corrected chi connectivity index (χ1v) is 17.9. The number of benzene rings is 4. The fourth-order valence-corrected chi connectivity index (χ4v) is 5.61. The molecule has 0 aliphatic carbocycles. The Kier molecular flexibility index (Phi) is 16.2. The van der Waals surface area contributed by atoms with Gasteiger partial charge >= 0.3 is 54.5 Å². The molecule has 0 spiro atoms. The fraction of sp³-hybridized carbons (Fsp3) is 0.0625. The summed E-state index contributed by atoms with van der Waals surface area (Å²) in [5, 5.41) is 54.6. The summed E-state index contributed by atoms with van der Waals surface area (Å²) in [5.41, 5.74) is 0.759. The smallest absolute Gasteiger partial charge is 0.871 e. The van der Waals surface area contributed by atoms with Crippen LogP contribution in [0.25, 0.3) is 11.4 Å². The Balaban J connectivity index is 0.000000360. The standard InChI is InChI=1S/2C16H15N5O4S.Co.2Li/c2*1-10-15(16(23)21(20-10)11-5-3-2-4-6-11)19-18-13-9-12(26(17,24)25)7-8-14(13)22;;;/h2*2-9,20,22H,1H3,(H2,17,24,25);;;/q;;+2;2*+1/p-2. The Labute approximate surface area is 348 Å². The van der Waals surface area contributed by atoms with Gasteiger partial charge in [-0.25, -0.2) is 36.5 Å². The number of H-pyrrole nitrogens is 2. The van der Waals surface area contributed by atoms with Gasteiger partial charge in [-0.05, 0) is 62.4 Å². The minimum Gasteiger partial charge on any atom is -0.871 e. The van der Waals surface area contributed by atoms with Gasteiger partial charge in [0.1, 0.15) is 0 Å². The number of azo groups is 2. The minimum absolute atomic E-state index is 0. The number of para-hydroxylation sites is 2. The molecule has 0 unspecified atom stereocenters. The molecule has 1 radical (unpaired) electrons. The number of aromatic amines is 2. The molecule has 2 aromatic heterocycles. The molecule has 275 valence electrons. The third-order valence-corrected chi connectivity index (χ3v) is 8.96. The molecule has 0 atom stereocenters. The number of primary sulfonamides is 2. The van der Waals surface area contributed by atoms with Crippen LogP contribution in [0, 0.1) is 13.8 Å². The van der Waals surface area contributed by atoms with E-state index in [1.165, 1.54) is 9.36 Å². The number of aromatic nitrogens is 4. The van der Waals surface area contributed by atoms with E-state index in [0.29, 0.717) is 22.8 Å². The van der Waals surface area contributed by atoms with E-state index in [-0.39, 0.29) is 87.0 Å². The van der Waals surface area contributed by atoms with E-state index in [2.05, 4.69) is 30.7 Å². The molecule has 23 heteroatoms. The third kappa shape index (κ3) is 11.1. The van der Waals surface area contributed by atoms with Crippen molar-refractivity contribution in [3.05, 3.63) is 129 Å². The fourth-order valence-electron chi connectivity index (χ4n) is 4.54. The van der Waals surface area contributed by atoms with Crippen molar-refractivity contribution in [2.24, 2.45) is 30.7 Å². The van der Waals surface area contributed by atoms with E-state index in [1.54, 1.807) is 62.4 Å². The first-order valence-electron chi connectivity index (χ1n) is 14.8. The number of hydrogen-bond donors (Lipinski definition) is 4. The molecule has 0 bridgehead atoms. The predicted octanol–water partition coefficient (Wildman–Crippen LogP) is -2.77. The molecular weight excluding hydrogens is 789 g/mol. The van der Waals surface area contributed by atoms with Crippen LogP contribution in [0.15, 0.2) is 137 Å². The summed E-state index contributed by atoms with van der Waals surface area (Å²) >= 11 is 0. The number of nitrogens with two attached hydrogens (primary N) is 2. The third-order valence-electron chi connectivity index (χ3n) is 7.14. The molecule has 0 fully saturated rings. The SMILES string of the molecule is Cc1[nH]n(-c2ccccc2)c(=O)c1N=Nc1cc(S(N)(=O)=O)ccc1[O-].Cc1[nH]n(-c2ccccc2)c(=O)c1N=Nc1cc(S(N)(=O)=O)ccc1[O-].[Co+2].[Li+].[Li+]. The van der Waals surface area contributed by atoms with Gasteiger partial charge in [0, 0.05) is 0 Å². The van der Waals surface area contributed by atoms with Crippen molar-refractivity contribution in [2.75, 3.05) is 0 Å². The monoisotopic (exact) mass is 817 g/mol. The second-order valence-corrected chi connectivity index (χ2v) is 14.0. The van der Waals surface area contributed by atoms with Crippen LogP contribution in [0.5, 0.6) is 11.5 Å². The maximum Gasteiger partial charge on any atom is 2.00 e. The van der Waals surface area contributed by atoms with E-state index in [4.69, 9.17) is 10.3 Å². The molecule has 0 saturated carbocycles. The summed E-state index contributed by atoms with van der Waals surface area (Å²) < 4.78 is 48.1. The Bertz CT molecular complexity index is 2500. The van der Waals surface area contributed by atoms with Crippen molar-refractivity contribution in [3.8, 4) is 22.9 Å². The summed E-state index contributed by atoms with van der Waals surface area (Å²) in [6.07, 6.45) is 0. The van der Waals surface area contributed by atoms with Crippen molar-refractivity contribution in [1.29, 1.82) is 0 Å². The summed E-state index contributed by atoms with van der Waals surface area (Å²) in [5.74, 6) is -1.09. The van der Waals surface area contributed by atoms with E-state index in [1.807, 2.05) is 12.1 Å². The molecule has 0 saturated heterocycles. The van der Waals surface area contributed by atoms with Crippen LogP contribution in [-0.2, 0) is 36.8 Å². The van der Waals surface area contributed by atoms with Gasteiger partial charge in [0.25, 0.3) is 11.1 Å². The average molecular weight is 818 g/mol. The summed E-state index contributed by atoms with van der Waals surface area (Å²) in [6.45, 7) is 3.27. The van der Waals surface area contributed by atoms with Crippen LogP contribution >= 0.6 is 0 Å². The second-order valence-electron chi connectivity index (χ2n) is 10.9. The zero-order chi connectivity index (χ0) is 37.8. The van der Waals surface area contributed by atoms with Crippen LogP contribution in [0.1, 0.15) is 11.4 Å². The minimum atomic E-state index is -3.99. The zero-order valence-electron chi connectivity index (χ0n) is 29.5. The molecular formula is C32H28CoLi2N10O8S2+2. The molecule has 0 aliphatic heterocycles. The van der Waals surface area contributed by atoms with Crippen LogP contribution in [0.2, 0.25) is 0 Å². The predicted molar refractivity (Wildman–Crippen MR) is 185 cm³/mol. The molecule has 6 N–H and O–H groups in total. The molecule has 55 heavy (non-hydrogen) atoms. The maximum atomic E-state index is 12.5. The van der Waals surface area contributed by atoms with Gasteiger partial charge in [0.05, 0.1) is 43.9 Å². The number of sulfonamides is 2. The second kappa shape index (κ2) is 19.2.